The molecule has 0 unspecified atom stereocenters. The lowest BCUT2D eigenvalue weighted by Gasteiger charge is -2.29. The Bertz CT molecular complexity index is 484. The molecule has 1 saturated heterocycles. The van der Waals surface area contributed by atoms with E-state index in [1.165, 1.54) is 0 Å². The first-order chi connectivity index (χ1) is 9.56. The van der Waals surface area contributed by atoms with Crippen LogP contribution in [0.4, 0.5) is 5.69 Å². The predicted molar refractivity (Wildman–Crippen MR) is 78.3 cm³/mol. The van der Waals surface area contributed by atoms with Gasteiger partial charge in [0, 0.05) is 12.2 Å². The monoisotopic (exact) mass is 275 g/mol. The topological polar surface area (TPSA) is 61.4 Å². The molecule has 2 N–H and O–H groups in total. The molecule has 5 heteroatoms. The Morgan fingerprint density at radius 1 is 1.20 bits per heavy atom. The van der Waals surface area contributed by atoms with Gasteiger partial charge in [-0.25, -0.2) is 0 Å². The third kappa shape index (κ3) is 3.81. The van der Waals surface area contributed by atoms with Gasteiger partial charge in [-0.05, 0) is 24.1 Å². The summed E-state index contributed by atoms with van der Waals surface area (Å²) in [4.78, 5) is 24.8. The highest BCUT2D eigenvalue weighted by Gasteiger charge is 2.23. The molecule has 0 aliphatic carbocycles. The van der Waals surface area contributed by atoms with Crippen LogP contribution >= 0.6 is 0 Å². The maximum absolute atomic E-state index is 11.5. The fourth-order valence-electron chi connectivity index (χ4n) is 2.27. The predicted octanol–water partition coefficient (Wildman–Crippen LogP) is 0.895. The number of para-hydroxylation sites is 1. The number of anilines is 1. The van der Waals surface area contributed by atoms with Crippen LogP contribution in [0.5, 0.6) is 0 Å². The van der Waals surface area contributed by atoms with Crippen LogP contribution in [0.3, 0.4) is 0 Å². The summed E-state index contributed by atoms with van der Waals surface area (Å²) in [7, 11) is 0. The number of hydrogen-bond donors (Lipinski definition) is 2. The summed E-state index contributed by atoms with van der Waals surface area (Å²) < 4.78 is 0. The van der Waals surface area contributed by atoms with Crippen LogP contribution in [-0.2, 0) is 16.1 Å². The first-order valence-corrected chi connectivity index (χ1v) is 6.92. The Labute approximate surface area is 119 Å². The van der Waals surface area contributed by atoms with E-state index in [0.29, 0.717) is 5.92 Å². The third-order valence-corrected chi connectivity index (χ3v) is 3.15. The van der Waals surface area contributed by atoms with Gasteiger partial charge in [0.1, 0.15) is 0 Å². The molecule has 0 saturated carbocycles. The highest BCUT2D eigenvalue weighted by Crippen LogP contribution is 2.21. The van der Waals surface area contributed by atoms with Gasteiger partial charge in [0.15, 0.2) is 0 Å². The molecule has 1 aromatic carbocycles. The number of carbonyl (C=O) groups is 2. The largest absolute Gasteiger partial charge is 0.353 e. The van der Waals surface area contributed by atoms with Crippen LogP contribution in [0, 0.1) is 5.92 Å². The van der Waals surface area contributed by atoms with E-state index >= 15 is 0 Å². The van der Waals surface area contributed by atoms with Gasteiger partial charge in [-0.1, -0.05) is 32.0 Å². The number of piperazine rings is 1. The van der Waals surface area contributed by atoms with Crippen LogP contribution in [0.25, 0.3) is 0 Å². The molecule has 2 rings (SSSR count). The lowest BCUT2D eigenvalue weighted by atomic mass is 10.1. The van der Waals surface area contributed by atoms with Crippen molar-refractivity contribution in [3.63, 3.8) is 0 Å². The fraction of sp³-hybridized carbons (Fsp3) is 0.467. The quantitative estimate of drug-likeness (QED) is 0.784. The molecule has 0 spiro atoms. The molecule has 5 nitrogen and oxygen atoms in total. The van der Waals surface area contributed by atoms with Crippen molar-refractivity contribution in [1.82, 2.24) is 10.6 Å². The van der Waals surface area contributed by atoms with Gasteiger partial charge in [-0.2, -0.15) is 0 Å². The molecule has 1 fully saturated rings. The van der Waals surface area contributed by atoms with Crippen molar-refractivity contribution in [2.45, 2.75) is 20.4 Å². The second-order valence-corrected chi connectivity index (χ2v) is 5.48. The molecule has 0 aromatic heterocycles. The number of nitrogens with one attached hydrogen (secondary N) is 2. The SMILES string of the molecule is CC(C)CNCc1ccccc1N1CC(=O)NC(=O)C1. The molecule has 0 radical (unpaired) electrons. The zero-order valence-electron chi connectivity index (χ0n) is 12.0. The van der Waals surface area contributed by atoms with Crippen LogP contribution in [0.15, 0.2) is 24.3 Å². The Kier molecular flexibility index (Phi) is 4.74. The lowest BCUT2D eigenvalue weighted by Crippen LogP contribution is -2.51. The van der Waals surface area contributed by atoms with Crippen LogP contribution in [0.1, 0.15) is 19.4 Å². The van der Waals surface area contributed by atoms with Crippen molar-refractivity contribution < 1.29 is 9.59 Å². The Hall–Kier alpha value is -1.88. The van der Waals surface area contributed by atoms with E-state index in [1.54, 1.807) is 0 Å². The van der Waals surface area contributed by atoms with E-state index in [4.69, 9.17) is 0 Å². The van der Waals surface area contributed by atoms with E-state index in [0.717, 1.165) is 24.3 Å². The molecule has 2 amide bonds. The van der Waals surface area contributed by atoms with E-state index < -0.39 is 0 Å². The molecule has 1 aromatic rings. The second-order valence-electron chi connectivity index (χ2n) is 5.48. The second kappa shape index (κ2) is 6.52. The van der Waals surface area contributed by atoms with E-state index in [9.17, 15) is 9.59 Å². The number of nitrogens with zero attached hydrogens (tertiary/aromatic N) is 1. The van der Waals surface area contributed by atoms with Gasteiger partial charge >= 0.3 is 0 Å². The molecule has 20 heavy (non-hydrogen) atoms. The Morgan fingerprint density at radius 3 is 2.50 bits per heavy atom. The fourth-order valence-corrected chi connectivity index (χ4v) is 2.27. The molecule has 1 aliphatic rings. The Morgan fingerprint density at radius 2 is 1.85 bits per heavy atom. The van der Waals surface area contributed by atoms with Crippen molar-refractivity contribution in [3.05, 3.63) is 29.8 Å². The standard InChI is InChI=1S/C15H21N3O2/c1-11(2)7-16-8-12-5-3-4-6-13(12)18-9-14(19)17-15(20)10-18/h3-6,11,16H,7-10H2,1-2H3,(H,17,19,20). The first kappa shape index (κ1) is 14.5. The van der Waals surface area contributed by atoms with E-state index in [2.05, 4.69) is 24.5 Å². The molecular weight excluding hydrogens is 254 g/mol. The number of benzene rings is 1. The lowest BCUT2D eigenvalue weighted by molar-refractivity contribution is -0.130. The van der Waals surface area contributed by atoms with Gasteiger partial charge in [0.25, 0.3) is 0 Å². The average molecular weight is 275 g/mol. The number of carbonyl (C=O) groups excluding carboxylic acids is 2. The first-order valence-electron chi connectivity index (χ1n) is 6.92. The third-order valence-electron chi connectivity index (χ3n) is 3.15. The summed E-state index contributed by atoms with van der Waals surface area (Å²) in [5.41, 5.74) is 2.06. The van der Waals surface area contributed by atoms with Crippen molar-refractivity contribution in [2.24, 2.45) is 5.92 Å². The van der Waals surface area contributed by atoms with Crippen molar-refractivity contribution >= 4 is 17.5 Å². The maximum Gasteiger partial charge on any atom is 0.246 e. The number of amides is 2. The van der Waals surface area contributed by atoms with Crippen LogP contribution in [0.2, 0.25) is 0 Å². The smallest absolute Gasteiger partial charge is 0.246 e. The number of imide groups is 1. The van der Waals surface area contributed by atoms with Crippen molar-refractivity contribution in [3.8, 4) is 0 Å². The van der Waals surface area contributed by atoms with Gasteiger partial charge < -0.3 is 10.2 Å². The summed E-state index contributed by atoms with van der Waals surface area (Å²) in [6.45, 7) is 6.45. The Balaban J connectivity index is 2.10. The minimum Gasteiger partial charge on any atom is -0.353 e. The summed E-state index contributed by atoms with van der Waals surface area (Å²) in [6.07, 6.45) is 0. The number of hydrogen-bond acceptors (Lipinski definition) is 4. The normalized spacial score (nSPS) is 15.7. The van der Waals surface area contributed by atoms with Crippen LogP contribution in [-0.4, -0.2) is 31.4 Å². The van der Waals surface area contributed by atoms with Crippen molar-refractivity contribution in [1.29, 1.82) is 0 Å². The van der Waals surface area contributed by atoms with Gasteiger partial charge in [0.2, 0.25) is 11.8 Å². The summed E-state index contributed by atoms with van der Waals surface area (Å²) in [6, 6.07) is 7.89. The summed E-state index contributed by atoms with van der Waals surface area (Å²) >= 11 is 0. The van der Waals surface area contributed by atoms with Gasteiger partial charge in [-0.15, -0.1) is 0 Å². The molecule has 108 valence electrons. The minimum atomic E-state index is -0.244. The highest BCUT2D eigenvalue weighted by molar-refractivity contribution is 6.02. The summed E-state index contributed by atoms with van der Waals surface area (Å²) in [5.74, 6) is 0.0990. The highest BCUT2D eigenvalue weighted by atomic mass is 16.2. The molecular formula is C15H21N3O2. The van der Waals surface area contributed by atoms with Gasteiger partial charge in [-0.3, -0.25) is 14.9 Å². The molecule has 0 atom stereocenters. The van der Waals surface area contributed by atoms with E-state index in [1.807, 2.05) is 29.2 Å². The zero-order valence-corrected chi connectivity index (χ0v) is 12.0. The number of rotatable bonds is 5. The molecule has 1 aliphatic heterocycles. The molecule has 1 heterocycles. The minimum absolute atomic E-state index is 0.229. The maximum atomic E-state index is 11.5. The van der Waals surface area contributed by atoms with Gasteiger partial charge in [0.05, 0.1) is 13.1 Å². The molecule has 0 bridgehead atoms. The van der Waals surface area contributed by atoms with Crippen LogP contribution < -0.4 is 15.5 Å². The van der Waals surface area contributed by atoms with Crippen molar-refractivity contribution in [2.75, 3.05) is 24.5 Å². The van der Waals surface area contributed by atoms with E-state index in [-0.39, 0.29) is 24.9 Å². The average Bonchev–Trinajstić information content (AvgIpc) is 2.37. The summed E-state index contributed by atoms with van der Waals surface area (Å²) in [5, 5.41) is 5.71. The zero-order chi connectivity index (χ0) is 14.5.